The van der Waals surface area contributed by atoms with Gasteiger partial charge in [-0.1, -0.05) is 27.2 Å². The first-order valence-electron chi connectivity index (χ1n) is 6.65. The Bertz CT molecular complexity index is 408. The first-order valence-corrected chi connectivity index (χ1v) is 7.53. The van der Waals surface area contributed by atoms with Gasteiger partial charge in [0.25, 0.3) is 0 Å². The zero-order valence-electron chi connectivity index (χ0n) is 11.5. The van der Waals surface area contributed by atoms with Crippen LogP contribution < -0.4 is 0 Å². The number of carbonyl (C=O) groups excluding carboxylic acids is 1. The lowest BCUT2D eigenvalue weighted by molar-refractivity contribution is -0.113. The topological polar surface area (TPSA) is 33.2 Å². The van der Waals surface area contributed by atoms with Gasteiger partial charge in [0.15, 0.2) is 0 Å². The summed E-state index contributed by atoms with van der Waals surface area (Å²) in [5, 5.41) is 3.28. The van der Waals surface area contributed by atoms with Crippen LogP contribution in [0.5, 0.6) is 0 Å². The maximum Gasteiger partial charge on any atom is 0.137 e. The molecule has 4 heteroatoms. The first kappa shape index (κ1) is 13.7. The molecule has 100 valence electrons. The average molecular weight is 266 g/mol. The predicted molar refractivity (Wildman–Crippen MR) is 74.9 cm³/mol. The van der Waals surface area contributed by atoms with Crippen LogP contribution in [0.4, 0.5) is 0 Å². The van der Waals surface area contributed by atoms with Crippen LogP contribution in [0.15, 0.2) is 5.38 Å². The Labute approximate surface area is 113 Å². The summed E-state index contributed by atoms with van der Waals surface area (Å²) in [6.45, 7) is 8.39. The maximum atomic E-state index is 11.1. The maximum absolute atomic E-state index is 11.1. The lowest BCUT2D eigenvalue weighted by Crippen LogP contribution is -2.39. The quantitative estimate of drug-likeness (QED) is 0.789. The van der Waals surface area contributed by atoms with Gasteiger partial charge in [0, 0.05) is 10.8 Å². The highest BCUT2D eigenvalue weighted by molar-refractivity contribution is 7.09. The molecule has 0 aromatic carbocycles. The molecule has 0 saturated carbocycles. The van der Waals surface area contributed by atoms with Gasteiger partial charge >= 0.3 is 0 Å². The molecule has 0 amide bonds. The van der Waals surface area contributed by atoms with Crippen molar-refractivity contribution in [2.45, 2.75) is 58.0 Å². The second-order valence-corrected chi connectivity index (χ2v) is 6.99. The van der Waals surface area contributed by atoms with Crippen LogP contribution in [-0.4, -0.2) is 28.8 Å². The molecule has 1 fully saturated rings. The van der Waals surface area contributed by atoms with Gasteiger partial charge in [-0.15, -0.1) is 11.3 Å². The molecule has 0 N–H and O–H groups in total. The monoisotopic (exact) mass is 266 g/mol. The summed E-state index contributed by atoms with van der Waals surface area (Å²) >= 11 is 1.71. The van der Waals surface area contributed by atoms with E-state index in [1.54, 1.807) is 11.3 Å². The highest BCUT2D eigenvalue weighted by atomic mass is 32.1. The van der Waals surface area contributed by atoms with Gasteiger partial charge in [0.1, 0.15) is 11.3 Å². The Hall–Kier alpha value is -0.740. The zero-order chi connectivity index (χ0) is 13.2. The Morgan fingerprint density at radius 2 is 2.28 bits per heavy atom. The summed E-state index contributed by atoms with van der Waals surface area (Å²) in [7, 11) is 0. The van der Waals surface area contributed by atoms with Crippen molar-refractivity contribution in [2.75, 3.05) is 6.54 Å². The zero-order valence-corrected chi connectivity index (χ0v) is 12.3. The number of carbonyl (C=O) groups is 1. The molecule has 2 rings (SSSR count). The molecule has 0 bridgehead atoms. The van der Waals surface area contributed by atoms with Crippen LogP contribution in [0.25, 0.3) is 0 Å². The van der Waals surface area contributed by atoms with Crippen molar-refractivity contribution >= 4 is 17.6 Å². The summed E-state index contributed by atoms with van der Waals surface area (Å²) in [6.07, 6.45) is 4.46. The molecular weight excluding hydrogens is 244 g/mol. The second-order valence-electron chi connectivity index (χ2n) is 6.05. The molecule has 1 aliphatic rings. The molecule has 0 radical (unpaired) electrons. The molecule has 3 nitrogen and oxygen atoms in total. The molecule has 1 aromatic heterocycles. The fourth-order valence-electron chi connectivity index (χ4n) is 2.27. The van der Waals surface area contributed by atoms with Crippen molar-refractivity contribution in [3.05, 3.63) is 16.1 Å². The van der Waals surface area contributed by atoms with Crippen molar-refractivity contribution in [2.24, 2.45) is 0 Å². The minimum Gasteiger partial charge on any atom is -0.302 e. The van der Waals surface area contributed by atoms with Crippen molar-refractivity contribution in [1.82, 2.24) is 9.88 Å². The molecule has 1 atom stereocenters. The normalized spacial score (nSPS) is 22.1. The van der Waals surface area contributed by atoms with Gasteiger partial charge in [0.05, 0.1) is 18.3 Å². The molecule has 1 unspecified atom stereocenters. The lowest BCUT2D eigenvalue weighted by atomic mass is 9.93. The minimum atomic E-state index is 0.0979. The van der Waals surface area contributed by atoms with E-state index in [9.17, 15) is 4.79 Å². The third kappa shape index (κ3) is 3.18. The number of hydrogen-bond donors (Lipinski definition) is 0. The first-order chi connectivity index (χ1) is 8.50. The summed E-state index contributed by atoms with van der Waals surface area (Å²) in [6, 6.07) is 0.0979. The van der Waals surface area contributed by atoms with E-state index in [-0.39, 0.29) is 11.5 Å². The van der Waals surface area contributed by atoms with E-state index in [4.69, 9.17) is 4.98 Å². The smallest absolute Gasteiger partial charge is 0.137 e. The van der Waals surface area contributed by atoms with Crippen LogP contribution >= 0.6 is 11.3 Å². The highest BCUT2D eigenvalue weighted by Crippen LogP contribution is 2.26. The van der Waals surface area contributed by atoms with E-state index < -0.39 is 0 Å². The number of nitrogens with zero attached hydrogens (tertiary/aromatic N) is 2. The number of aromatic nitrogens is 1. The molecule has 1 saturated heterocycles. The second kappa shape index (κ2) is 5.49. The van der Waals surface area contributed by atoms with Crippen LogP contribution in [0.3, 0.4) is 0 Å². The number of aldehydes is 1. The fraction of sp³-hybridized carbons (Fsp3) is 0.714. The summed E-state index contributed by atoms with van der Waals surface area (Å²) in [5.41, 5.74) is 1.27. The number of rotatable bonds is 3. The third-order valence-corrected chi connectivity index (χ3v) is 4.31. The van der Waals surface area contributed by atoms with Gasteiger partial charge in [0.2, 0.25) is 0 Å². The van der Waals surface area contributed by atoms with Crippen LogP contribution in [-0.2, 0) is 16.8 Å². The van der Waals surface area contributed by atoms with E-state index in [2.05, 4.69) is 31.1 Å². The lowest BCUT2D eigenvalue weighted by Gasteiger charge is -2.31. The Morgan fingerprint density at radius 1 is 1.50 bits per heavy atom. The Morgan fingerprint density at radius 3 is 2.89 bits per heavy atom. The van der Waals surface area contributed by atoms with Gasteiger partial charge < -0.3 is 4.79 Å². The van der Waals surface area contributed by atoms with Gasteiger partial charge in [-0.25, -0.2) is 4.98 Å². The van der Waals surface area contributed by atoms with Gasteiger partial charge in [-0.3, -0.25) is 4.90 Å². The van der Waals surface area contributed by atoms with Crippen molar-refractivity contribution < 1.29 is 4.79 Å². The molecule has 1 aromatic rings. The van der Waals surface area contributed by atoms with Crippen LogP contribution in [0.2, 0.25) is 0 Å². The van der Waals surface area contributed by atoms with Crippen molar-refractivity contribution in [3.8, 4) is 0 Å². The molecule has 1 aliphatic heterocycles. The fourth-order valence-corrected chi connectivity index (χ4v) is 3.31. The number of piperidine rings is 1. The largest absolute Gasteiger partial charge is 0.302 e. The Balaban J connectivity index is 2.04. The van der Waals surface area contributed by atoms with Crippen molar-refractivity contribution in [3.63, 3.8) is 0 Å². The number of likely N-dealkylation sites (tertiary alicyclic amines) is 1. The van der Waals surface area contributed by atoms with Crippen LogP contribution in [0, 0.1) is 0 Å². The molecule has 18 heavy (non-hydrogen) atoms. The van der Waals surface area contributed by atoms with E-state index in [1.165, 1.54) is 12.8 Å². The highest BCUT2D eigenvalue weighted by Gasteiger charge is 2.24. The average Bonchev–Trinajstić information content (AvgIpc) is 2.78. The summed E-state index contributed by atoms with van der Waals surface area (Å²) in [5.74, 6) is 0. The number of thiazole rings is 1. The van der Waals surface area contributed by atoms with Crippen LogP contribution in [0.1, 0.15) is 50.7 Å². The molecule has 2 heterocycles. The van der Waals surface area contributed by atoms with E-state index in [0.717, 1.165) is 36.5 Å². The standard InChI is InChI=1S/C14H22N2OS/c1-14(2,3)12-10-18-13(15-12)8-16-7-5-4-6-11(16)9-17/h9-11H,4-8H2,1-3H3. The molecule has 0 spiro atoms. The van der Waals surface area contributed by atoms with Gasteiger partial charge in [-0.2, -0.15) is 0 Å². The SMILES string of the molecule is CC(C)(C)c1csc(CN2CCCCC2C=O)n1. The summed E-state index contributed by atoms with van der Waals surface area (Å²) in [4.78, 5) is 18.0. The summed E-state index contributed by atoms with van der Waals surface area (Å²) < 4.78 is 0. The minimum absolute atomic E-state index is 0.0979. The van der Waals surface area contributed by atoms with Crippen molar-refractivity contribution in [1.29, 1.82) is 0 Å². The number of hydrogen-bond acceptors (Lipinski definition) is 4. The third-order valence-electron chi connectivity index (χ3n) is 3.48. The van der Waals surface area contributed by atoms with Gasteiger partial charge in [-0.05, 0) is 19.4 Å². The molecule has 0 aliphatic carbocycles. The predicted octanol–water partition coefficient (Wildman–Crippen LogP) is 2.99. The van der Waals surface area contributed by atoms with E-state index >= 15 is 0 Å². The van der Waals surface area contributed by atoms with E-state index in [1.807, 2.05) is 0 Å². The Kier molecular flexibility index (Phi) is 4.17. The van der Waals surface area contributed by atoms with E-state index in [0.29, 0.717) is 0 Å². The molecular formula is C14H22N2OS.